The smallest absolute Gasteiger partial charge is 0.133 e. The zero-order valence-corrected chi connectivity index (χ0v) is 13.4. The highest BCUT2D eigenvalue weighted by Gasteiger charge is 2.31. The molecule has 1 aliphatic heterocycles. The summed E-state index contributed by atoms with van der Waals surface area (Å²) in [5, 5.41) is 3.54. The van der Waals surface area contributed by atoms with Crippen LogP contribution in [0.1, 0.15) is 32.3 Å². The number of aromatic nitrogens is 1. The Morgan fingerprint density at radius 1 is 1.24 bits per heavy atom. The molecule has 21 heavy (non-hydrogen) atoms. The van der Waals surface area contributed by atoms with E-state index < -0.39 is 0 Å². The third-order valence-electron chi connectivity index (χ3n) is 4.41. The molecule has 0 bridgehead atoms. The number of hydrogen-bond donors (Lipinski definition) is 1. The van der Waals surface area contributed by atoms with E-state index in [0.29, 0.717) is 5.92 Å². The first-order chi connectivity index (χ1) is 10.2. The molecule has 1 aromatic rings. The van der Waals surface area contributed by atoms with Crippen LogP contribution >= 0.6 is 0 Å². The van der Waals surface area contributed by atoms with Crippen molar-refractivity contribution in [1.82, 2.24) is 15.2 Å². The summed E-state index contributed by atoms with van der Waals surface area (Å²) in [6, 6.07) is 5.15. The summed E-state index contributed by atoms with van der Waals surface area (Å²) in [7, 11) is 0. The fourth-order valence-electron chi connectivity index (χ4n) is 3.09. The van der Waals surface area contributed by atoms with Crippen LogP contribution in [0.5, 0.6) is 0 Å². The second-order valence-corrected chi connectivity index (χ2v) is 6.77. The van der Waals surface area contributed by atoms with Gasteiger partial charge in [-0.2, -0.15) is 0 Å². The Bertz CT molecular complexity index is 448. The van der Waals surface area contributed by atoms with Crippen molar-refractivity contribution in [3.8, 4) is 0 Å². The largest absolute Gasteiger partial charge is 0.354 e. The Kier molecular flexibility index (Phi) is 4.76. The second-order valence-electron chi connectivity index (χ2n) is 6.77. The number of nitrogens with one attached hydrogen (secondary N) is 1. The summed E-state index contributed by atoms with van der Waals surface area (Å²) in [6.07, 6.45) is 4.75. The van der Waals surface area contributed by atoms with Gasteiger partial charge < -0.3 is 10.2 Å². The van der Waals surface area contributed by atoms with Crippen molar-refractivity contribution in [1.29, 1.82) is 0 Å². The molecule has 2 fully saturated rings. The van der Waals surface area contributed by atoms with E-state index in [0.717, 1.165) is 32.2 Å². The molecule has 0 unspecified atom stereocenters. The standard InChI is InChI=1S/C17H28N4/c1-14(2)12-18-13-15-4-3-7-19-17(15)21-10-8-20(9-11-21)16-5-6-16/h3-4,7,14,16,18H,5-6,8-13H2,1-2H3. The lowest BCUT2D eigenvalue weighted by Crippen LogP contribution is -2.47. The first-order valence-electron chi connectivity index (χ1n) is 8.37. The molecule has 1 saturated heterocycles. The molecule has 2 aliphatic rings. The van der Waals surface area contributed by atoms with Gasteiger partial charge in [0.1, 0.15) is 5.82 Å². The molecule has 1 aromatic heterocycles. The zero-order chi connectivity index (χ0) is 14.7. The highest BCUT2D eigenvalue weighted by atomic mass is 15.3. The molecule has 1 N–H and O–H groups in total. The van der Waals surface area contributed by atoms with Gasteiger partial charge in [-0.3, -0.25) is 4.90 Å². The average Bonchev–Trinajstić information content (AvgIpc) is 3.32. The summed E-state index contributed by atoms with van der Waals surface area (Å²) < 4.78 is 0. The normalized spacial score (nSPS) is 20.2. The SMILES string of the molecule is CC(C)CNCc1cccnc1N1CCN(C2CC2)CC1. The fourth-order valence-corrected chi connectivity index (χ4v) is 3.09. The zero-order valence-electron chi connectivity index (χ0n) is 13.4. The lowest BCUT2D eigenvalue weighted by molar-refractivity contribution is 0.247. The van der Waals surface area contributed by atoms with Gasteiger partial charge in [0, 0.05) is 50.5 Å². The van der Waals surface area contributed by atoms with E-state index in [1.54, 1.807) is 0 Å². The van der Waals surface area contributed by atoms with Crippen LogP contribution in [0.15, 0.2) is 18.3 Å². The van der Waals surface area contributed by atoms with Crippen molar-refractivity contribution >= 4 is 5.82 Å². The van der Waals surface area contributed by atoms with Crippen LogP contribution in [0, 0.1) is 5.92 Å². The van der Waals surface area contributed by atoms with Crippen LogP contribution in [0.25, 0.3) is 0 Å². The average molecular weight is 288 g/mol. The van der Waals surface area contributed by atoms with E-state index >= 15 is 0 Å². The topological polar surface area (TPSA) is 31.4 Å². The van der Waals surface area contributed by atoms with Crippen LogP contribution in [0.2, 0.25) is 0 Å². The van der Waals surface area contributed by atoms with Gasteiger partial charge in [0.2, 0.25) is 0 Å². The highest BCUT2D eigenvalue weighted by Crippen LogP contribution is 2.28. The van der Waals surface area contributed by atoms with Crippen molar-refractivity contribution < 1.29 is 0 Å². The third kappa shape index (κ3) is 3.95. The molecule has 1 saturated carbocycles. The van der Waals surface area contributed by atoms with E-state index in [4.69, 9.17) is 0 Å². The Hall–Kier alpha value is -1.13. The van der Waals surface area contributed by atoms with Crippen molar-refractivity contribution in [3.05, 3.63) is 23.9 Å². The Balaban J connectivity index is 1.59. The minimum absolute atomic E-state index is 0.687. The van der Waals surface area contributed by atoms with Gasteiger partial charge >= 0.3 is 0 Å². The summed E-state index contributed by atoms with van der Waals surface area (Å²) in [4.78, 5) is 9.77. The first kappa shape index (κ1) is 14.8. The van der Waals surface area contributed by atoms with Crippen molar-refractivity contribution in [2.24, 2.45) is 5.92 Å². The minimum Gasteiger partial charge on any atom is -0.354 e. The molecule has 1 aliphatic carbocycles. The quantitative estimate of drug-likeness (QED) is 0.869. The number of anilines is 1. The summed E-state index contributed by atoms with van der Waals surface area (Å²) in [5.41, 5.74) is 1.33. The maximum Gasteiger partial charge on any atom is 0.133 e. The molecule has 0 atom stereocenters. The second kappa shape index (κ2) is 6.75. The van der Waals surface area contributed by atoms with Crippen molar-refractivity contribution in [3.63, 3.8) is 0 Å². The van der Waals surface area contributed by atoms with E-state index in [1.807, 2.05) is 6.20 Å². The predicted molar refractivity (Wildman–Crippen MR) is 87.6 cm³/mol. The van der Waals surface area contributed by atoms with E-state index in [9.17, 15) is 0 Å². The summed E-state index contributed by atoms with van der Waals surface area (Å²) >= 11 is 0. The minimum atomic E-state index is 0.687. The maximum absolute atomic E-state index is 4.65. The molecular formula is C17H28N4. The molecule has 3 rings (SSSR count). The van der Waals surface area contributed by atoms with Gasteiger partial charge in [-0.25, -0.2) is 4.98 Å². The van der Waals surface area contributed by atoms with E-state index in [1.165, 1.54) is 37.3 Å². The van der Waals surface area contributed by atoms with Gasteiger partial charge in [0.25, 0.3) is 0 Å². The maximum atomic E-state index is 4.65. The van der Waals surface area contributed by atoms with E-state index in [-0.39, 0.29) is 0 Å². The summed E-state index contributed by atoms with van der Waals surface area (Å²) in [5.74, 6) is 1.87. The number of nitrogens with zero attached hydrogens (tertiary/aromatic N) is 3. The molecule has 0 amide bonds. The molecule has 116 valence electrons. The molecule has 2 heterocycles. The lowest BCUT2D eigenvalue weighted by atomic mass is 10.2. The molecule has 4 nitrogen and oxygen atoms in total. The highest BCUT2D eigenvalue weighted by molar-refractivity contribution is 5.47. The molecule has 0 radical (unpaired) electrons. The van der Waals surface area contributed by atoms with Crippen molar-refractivity contribution in [2.75, 3.05) is 37.6 Å². The van der Waals surface area contributed by atoms with E-state index in [2.05, 4.69) is 46.1 Å². The van der Waals surface area contributed by atoms with Crippen LogP contribution < -0.4 is 10.2 Å². The molecular weight excluding hydrogens is 260 g/mol. The summed E-state index contributed by atoms with van der Waals surface area (Å²) in [6.45, 7) is 11.1. The monoisotopic (exact) mass is 288 g/mol. The number of pyridine rings is 1. The van der Waals surface area contributed by atoms with Crippen LogP contribution in [0.4, 0.5) is 5.82 Å². The van der Waals surface area contributed by atoms with Crippen LogP contribution in [-0.4, -0.2) is 48.6 Å². The van der Waals surface area contributed by atoms with Gasteiger partial charge in [0.05, 0.1) is 0 Å². The first-order valence-corrected chi connectivity index (χ1v) is 8.37. The van der Waals surface area contributed by atoms with Gasteiger partial charge in [-0.1, -0.05) is 19.9 Å². The predicted octanol–water partition coefficient (Wildman–Crippen LogP) is 2.11. The number of rotatable bonds is 6. The van der Waals surface area contributed by atoms with Gasteiger partial charge in [-0.05, 0) is 31.4 Å². The Labute approximate surface area is 128 Å². The third-order valence-corrected chi connectivity index (χ3v) is 4.41. The molecule has 0 spiro atoms. The molecule has 4 heteroatoms. The number of piperazine rings is 1. The number of hydrogen-bond acceptors (Lipinski definition) is 4. The Morgan fingerprint density at radius 2 is 2.00 bits per heavy atom. The van der Waals surface area contributed by atoms with Crippen LogP contribution in [0.3, 0.4) is 0 Å². The molecule has 0 aromatic carbocycles. The van der Waals surface area contributed by atoms with Crippen molar-refractivity contribution in [2.45, 2.75) is 39.3 Å². The Morgan fingerprint density at radius 3 is 2.67 bits per heavy atom. The fraction of sp³-hybridized carbons (Fsp3) is 0.706. The van der Waals surface area contributed by atoms with Crippen LogP contribution in [-0.2, 0) is 6.54 Å². The van der Waals surface area contributed by atoms with Gasteiger partial charge in [0.15, 0.2) is 0 Å². The van der Waals surface area contributed by atoms with Gasteiger partial charge in [-0.15, -0.1) is 0 Å². The lowest BCUT2D eigenvalue weighted by Gasteiger charge is -2.36.